The predicted octanol–water partition coefficient (Wildman–Crippen LogP) is 3.13. The number of benzene rings is 2. The van der Waals surface area contributed by atoms with E-state index in [1.165, 1.54) is 31.3 Å². The van der Waals surface area contributed by atoms with Gasteiger partial charge in [0.25, 0.3) is 5.91 Å². The van der Waals surface area contributed by atoms with Crippen molar-refractivity contribution in [3.8, 4) is 0 Å². The van der Waals surface area contributed by atoms with Crippen LogP contribution >= 0.6 is 0 Å². The fraction of sp³-hybridized carbons (Fsp3) is 0.133. The average molecular weight is 341 g/mol. The van der Waals surface area contributed by atoms with Crippen LogP contribution in [0.4, 0.5) is 18.9 Å². The first-order chi connectivity index (χ1) is 10.7. The Labute approximate surface area is 130 Å². The standard InChI is InChI=1S/C15H10F3NO3S/c1-19-11-7-2-3-8-12(11)23(21,22)13-9(14(19)20)5-4-6-10(13)15(16,17)18/h2-8H,1H3. The molecule has 1 amide bonds. The van der Waals surface area contributed by atoms with Gasteiger partial charge in [0.15, 0.2) is 0 Å². The molecule has 0 atom stereocenters. The highest BCUT2D eigenvalue weighted by Gasteiger charge is 2.43. The zero-order chi connectivity index (χ0) is 17.0. The van der Waals surface area contributed by atoms with Gasteiger partial charge in [0.2, 0.25) is 9.84 Å². The second-order valence-corrected chi connectivity index (χ2v) is 6.87. The van der Waals surface area contributed by atoms with Crippen LogP contribution in [0.15, 0.2) is 52.3 Å². The van der Waals surface area contributed by atoms with Gasteiger partial charge >= 0.3 is 6.18 Å². The van der Waals surface area contributed by atoms with Crippen molar-refractivity contribution < 1.29 is 26.4 Å². The van der Waals surface area contributed by atoms with E-state index in [4.69, 9.17) is 0 Å². The smallest absolute Gasteiger partial charge is 0.310 e. The Morgan fingerprint density at radius 3 is 2.30 bits per heavy atom. The fourth-order valence-corrected chi connectivity index (χ4v) is 4.46. The molecular formula is C15H10F3NO3S. The molecular weight excluding hydrogens is 331 g/mol. The summed E-state index contributed by atoms with van der Waals surface area (Å²) in [5, 5.41) is 0. The van der Waals surface area contributed by atoms with Crippen LogP contribution in [0, 0.1) is 0 Å². The van der Waals surface area contributed by atoms with Crippen LogP contribution in [0.5, 0.6) is 0 Å². The molecule has 0 saturated heterocycles. The maximum Gasteiger partial charge on any atom is 0.417 e. The largest absolute Gasteiger partial charge is 0.417 e. The number of carbonyl (C=O) groups excluding carboxylic acids is 1. The third-order valence-electron chi connectivity index (χ3n) is 3.64. The summed E-state index contributed by atoms with van der Waals surface area (Å²) in [5.74, 6) is -0.806. The normalized spacial score (nSPS) is 16.5. The summed E-state index contributed by atoms with van der Waals surface area (Å²) < 4.78 is 65.4. The Bertz CT molecular complexity index is 920. The highest BCUT2D eigenvalue weighted by molar-refractivity contribution is 7.91. The number of halogens is 3. The molecule has 0 aliphatic carbocycles. The number of anilines is 1. The second kappa shape index (κ2) is 4.82. The molecule has 2 aromatic carbocycles. The van der Waals surface area contributed by atoms with Crippen LogP contribution in [0.1, 0.15) is 15.9 Å². The van der Waals surface area contributed by atoms with E-state index < -0.39 is 37.9 Å². The summed E-state index contributed by atoms with van der Waals surface area (Å²) in [5.41, 5.74) is -1.78. The number of carbonyl (C=O) groups is 1. The van der Waals surface area contributed by atoms with E-state index in [-0.39, 0.29) is 10.6 Å². The molecule has 1 heterocycles. The van der Waals surface area contributed by atoms with Crippen LogP contribution in [-0.2, 0) is 16.0 Å². The first kappa shape index (κ1) is 15.5. The highest BCUT2D eigenvalue weighted by Crippen LogP contribution is 2.42. The van der Waals surface area contributed by atoms with E-state index >= 15 is 0 Å². The summed E-state index contributed by atoms with van der Waals surface area (Å²) in [4.78, 5) is 12.2. The number of nitrogens with zero attached hydrogens (tertiary/aromatic N) is 1. The summed E-state index contributed by atoms with van der Waals surface area (Å²) in [6.45, 7) is 0. The van der Waals surface area contributed by atoms with Crippen molar-refractivity contribution in [1.82, 2.24) is 0 Å². The maximum absolute atomic E-state index is 13.3. The van der Waals surface area contributed by atoms with Crippen molar-refractivity contribution in [2.45, 2.75) is 16.0 Å². The molecule has 120 valence electrons. The zero-order valence-electron chi connectivity index (χ0n) is 11.8. The van der Waals surface area contributed by atoms with Crippen molar-refractivity contribution in [3.63, 3.8) is 0 Å². The van der Waals surface area contributed by atoms with Gasteiger partial charge < -0.3 is 4.90 Å². The monoisotopic (exact) mass is 341 g/mol. The molecule has 8 heteroatoms. The SMILES string of the molecule is CN1C(=O)c2cccc(C(F)(F)F)c2S(=O)(=O)c2ccccc21. The second-order valence-electron chi connectivity index (χ2n) is 5.02. The molecule has 1 aliphatic rings. The molecule has 1 aliphatic heterocycles. The Morgan fingerprint density at radius 1 is 1.00 bits per heavy atom. The molecule has 0 bridgehead atoms. The Kier molecular flexibility index (Phi) is 3.26. The average Bonchev–Trinajstić information content (AvgIpc) is 2.57. The van der Waals surface area contributed by atoms with Gasteiger partial charge in [0.1, 0.15) is 0 Å². The molecule has 0 spiro atoms. The summed E-state index contributed by atoms with van der Waals surface area (Å²) in [6, 6.07) is 8.26. The van der Waals surface area contributed by atoms with Crippen LogP contribution in [-0.4, -0.2) is 21.4 Å². The van der Waals surface area contributed by atoms with E-state index in [0.29, 0.717) is 6.07 Å². The number of sulfone groups is 1. The van der Waals surface area contributed by atoms with Gasteiger partial charge in [-0.3, -0.25) is 4.79 Å². The van der Waals surface area contributed by atoms with Crippen LogP contribution in [0.25, 0.3) is 0 Å². The molecule has 4 nitrogen and oxygen atoms in total. The van der Waals surface area contributed by atoms with Crippen molar-refractivity contribution >= 4 is 21.4 Å². The fourth-order valence-electron chi connectivity index (χ4n) is 2.58. The molecule has 0 N–H and O–H groups in total. The van der Waals surface area contributed by atoms with Crippen LogP contribution < -0.4 is 4.90 Å². The third kappa shape index (κ3) is 2.21. The maximum atomic E-state index is 13.3. The minimum absolute atomic E-state index is 0.0434. The number of hydrogen-bond acceptors (Lipinski definition) is 3. The third-order valence-corrected chi connectivity index (χ3v) is 5.54. The van der Waals surface area contributed by atoms with Gasteiger partial charge in [-0.15, -0.1) is 0 Å². The molecule has 0 saturated carbocycles. The van der Waals surface area contributed by atoms with Crippen molar-refractivity contribution in [2.24, 2.45) is 0 Å². The molecule has 0 unspecified atom stereocenters. The van der Waals surface area contributed by atoms with Gasteiger partial charge in [-0.1, -0.05) is 18.2 Å². The van der Waals surface area contributed by atoms with Crippen molar-refractivity contribution in [3.05, 3.63) is 53.6 Å². The molecule has 2 aromatic rings. The number of fused-ring (bicyclic) bond motifs is 2. The van der Waals surface area contributed by atoms with E-state index in [9.17, 15) is 26.4 Å². The Morgan fingerprint density at radius 2 is 1.65 bits per heavy atom. The highest BCUT2D eigenvalue weighted by atomic mass is 32.2. The van der Waals surface area contributed by atoms with Gasteiger partial charge in [-0.25, -0.2) is 8.42 Å². The number of alkyl halides is 3. The Hall–Kier alpha value is -2.35. The first-order valence-electron chi connectivity index (χ1n) is 6.48. The number of rotatable bonds is 0. The summed E-state index contributed by atoms with van der Waals surface area (Å²) in [7, 11) is -3.17. The van der Waals surface area contributed by atoms with E-state index in [0.717, 1.165) is 17.0 Å². The summed E-state index contributed by atoms with van der Waals surface area (Å²) >= 11 is 0. The number of hydrogen-bond donors (Lipinski definition) is 0. The minimum atomic E-state index is -4.89. The molecule has 0 radical (unpaired) electrons. The Balaban J connectivity index is 2.50. The lowest BCUT2D eigenvalue weighted by Gasteiger charge is -2.16. The number of para-hydroxylation sites is 1. The molecule has 23 heavy (non-hydrogen) atoms. The molecule has 0 aromatic heterocycles. The number of amides is 1. The van der Waals surface area contributed by atoms with Gasteiger partial charge in [-0.2, -0.15) is 13.2 Å². The van der Waals surface area contributed by atoms with Gasteiger partial charge in [0, 0.05) is 7.05 Å². The van der Waals surface area contributed by atoms with E-state index in [1.807, 2.05) is 0 Å². The zero-order valence-corrected chi connectivity index (χ0v) is 12.6. The quantitative estimate of drug-likeness (QED) is 0.740. The van der Waals surface area contributed by atoms with E-state index in [1.54, 1.807) is 0 Å². The molecule has 0 fully saturated rings. The van der Waals surface area contributed by atoms with Crippen LogP contribution in [0.3, 0.4) is 0 Å². The lowest BCUT2D eigenvalue weighted by Crippen LogP contribution is -2.26. The lowest BCUT2D eigenvalue weighted by atomic mass is 10.1. The van der Waals surface area contributed by atoms with Crippen molar-refractivity contribution in [2.75, 3.05) is 11.9 Å². The van der Waals surface area contributed by atoms with Crippen molar-refractivity contribution in [1.29, 1.82) is 0 Å². The van der Waals surface area contributed by atoms with Crippen LogP contribution in [0.2, 0.25) is 0 Å². The molecule has 3 rings (SSSR count). The lowest BCUT2D eigenvalue weighted by molar-refractivity contribution is -0.139. The van der Waals surface area contributed by atoms with E-state index in [2.05, 4.69) is 0 Å². The first-order valence-corrected chi connectivity index (χ1v) is 7.96. The predicted molar refractivity (Wildman–Crippen MR) is 76.1 cm³/mol. The summed E-state index contributed by atoms with van der Waals surface area (Å²) in [6.07, 6.45) is -4.89. The van der Waals surface area contributed by atoms with Gasteiger partial charge in [-0.05, 0) is 24.3 Å². The van der Waals surface area contributed by atoms with Gasteiger partial charge in [0.05, 0.1) is 26.6 Å². The topological polar surface area (TPSA) is 54.5 Å². The minimum Gasteiger partial charge on any atom is -0.310 e.